The Balaban J connectivity index is 1.64. The molecule has 1 aromatic rings. The molecule has 4 fully saturated rings. The minimum absolute atomic E-state index is 0.313. The fourth-order valence-corrected chi connectivity index (χ4v) is 6.81. The molecule has 3 N–H and O–H groups in total. The maximum absolute atomic E-state index is 13.8. The average Bonchev–Trinajstić information content (AvgIpc) is 2.72. The highest BCUT2D eigenvalue weighted by atomic mass is 16.6. The lowest BCUT2D eigenvalue weighted by molar-refractivity contribution is -0.177. The molecule has 4 atom stereocenters. The first-order valence-corrected chi connectivity index (χ1v) is 12.1. The molecular formula is C26H36N2O6. The van der Waals surface area contributed by atoms with Gasteiger partial charge in [-0.25, -0.2) is 9.59 Å². The van der Waals surface area contributed by atoms with Crippen molar-refractivity contribution < 1.29 is 29.0 Å². The summed E-state index contributed by atoms with van der Waals surface area (Å²) in [5.41, 5.74) is -1.57. The molecule has 0 saturated heterocycles. The maximum atomic E-state index is 13.8. The van der Waals surface area contributed by atoms with E-state index in [-0.39, 0.29) is 0 Å². The van der Waals surface area contributed by atoms with Gasteiger partial charge >= 0.3 is 12.1 Å². The van der Waals surface area contributed by atoms with E-state index < -0.39 is 46.7 Å². The van der Waals surface area contributed by atoms with Gasteiger partial charge in [-0.2, -0.15) is 0 Å². The fourth-order valence-electron chi connectivity index (χ4n) is 6.81. The van der Waals surface area contributed by atoms with E-state index in [0.717, 1.165) is 32.1 Å². The van der Waals surface area contributed by atoms with Crippen LogP contribution >= 0.6 is 0 Å². The molecule has 4 bridgehead atoms. The van der Waals surface area contributed by atoms with E-state index in [9.17, 15) is 19.5 Å². The number of amides is 2. The first kappa shape index (κ1) is 24.5. The van der Waals surface area contributed by atoms with Gasteiger partial charge in [0.1, 0.15) is 11.6 Å². The summed E-state index contributed by atoms with van der Waals surface area (Å²) in [6.07, 6.45) is 3.75. The van der Waals surface area contributed by atoms with Gasteiger partial charge < -0.3 is 25.2 Å². The number of carbonyl (C=O) groups excluding carboxylic acids is 3. The van der Waals surface area contributed by atoms with E-state index in [0.29, 0.717) is 23.8 Å². The standard InChI is InChI=1S/C26H36N2O6/c1-24(2,3)34-23(31)28-20(25-11-16-10-17(12-25)14-26(32,13-16)15-25)21(29)27-19(22(30)33-4)18-8-6-5-7-9-18/h5-9,16-17,19-20,32H,10-15H2,1-4H3,(H,27,29)(H,28,31)/t16?,17?,19-,20+,25?,26?/m1/s1. The zero-order chi connectivity index (χ0) is 24.7. The van der Waals surface area contributed by atoms with Crippen LogP contribution < -0.4 is 10.6 Å². The van der Waals surface area contributed by atoms with Crippen molar-refractivity contribution in [1.82, 2.24) is 10.6 Å². The molecule has 0 aromatic heterocycles. The number of alkyl carbamates (subject to hydrolysis) is 1. The quantitative estimate of drug-likeness (QED) is 0.548. The summed E-state index contributed by atoms with van der Waals surface area (Å²) in [6.45, 7) is 5.29. The molecule has 4 saturated carbocycles. The Morgan fingerprint density at radius 3 is 2.18 bits per heavy atom. The molecule has 2 unspecified atom stereocenters. The minimum atomic E-state index is -1.02. The zero-order valence-electron chi connectivity index (χ0n) is 20.4. The van der Waals surface area contributed by atoms with Crippen molar-refractivity contribution in [3.8, 4) is 0 Å². The molecule has 0 radical (unpaired) electrons. The van der Waals surface area contributed by atoms with Crippen molar-refractivity contribution in [3.05, 3.63) is 35.9 Å². The first-order valence-electron chi connectivity index (χ1n) is 12.1. The zero-order valence-corrected chi connectivity index (χ0v) is 20.4. The molecule has 186 valence electrons. The lowest BCUT2D eigenvalue weighted by Crippen LogP contribution is -2.66. The molecule has 8 nitrogen and oxygen atoms in total. The van der Waals surface area contributed by atoms with E-state index in [4.69, 9.17) is 9.47 Å². The van der Waals surface area contributed by atoms with Crippen LogP contribution in [-0.2, 0) is 19.1 Å². The van der Waals surface area contributed by atoms with Crippen molar-refractivity contribution in [2.45, 2.75) is 82.6 Å². The number of rotatable bonds is 6. The molecule has 4 aliphatic rings. The van der Waals surface area contributed by atoms with Crippen molar-refractivity contribution in [2.24, 2.45) is 17.3 Å². The second-order valence-electron chi connectivity index (χ2n) is 11.5. The minimum Gasteiger partial charge on any atom is -0.467 e. The number of nitrogens with one attached hydrogen (secondary N) is 2. The molecule has 0 aliphatic heterocycles. The van der Waals surface area contributed by atoms with Crippen molar-refractivity contribution >= 4 is 18.0 Å². The number of hydrogen-bond acceptors (Lipinski definition) is 6. The normalized spacial score (nSPS) is 31.3. The van der Waals surface area contributed by atoms with Crippen LogP contribution in [0.2, 0.25) is 0 Å². The third kappa shape index (κ3) is 5.06. The number of benzene rings is 1. The number of methoxy groups -OCH3 is 1. The predicted molar refractivity (Wildman–Crippen MR) is 125 cm³/mol. The largest absolute Gasteiger partial charge is 0.467 e. The molecule has 34 heavy (non-hydrogen) atoms. The van der Waals surface area contributed by atoms with Gasteiger partial charge in [0, 0.05) is 5.41 Å². The molecule has 4 aliphatic carbocycles. The predicted octanol–water partition coefficient (Wildman–Crippen LogP) is 3.24. The van der Waals surface area contributed by atoms with Crippen molar-refractivity contribution in [2.75, 3.05) is 7.11 Å². The summed E-state index contributed by atoms with van der Waals surface area (Å²) in [5.74, 6) is -0.449. The number of esters is 1. The average molecular weight is 473 g/mol. The maximum Gasteiger partial charge on any atom is 0.408 e. The monoisotopic (exact) mass is 472 g/mol. The summed E-state index contributed by atoms with van der Waals surface area (Å²) < 4.78 is 10.4. The van der Waals surface area contributed by atoms with Gasteiger partial charge in [-0.1, -0.05) is 30.3 Å². The summed E-state index contributed by atoms with van der Waals surface area (Å²) in [4.78, 5) is 39.2. The van der Waals surface area contributed by atoms with Crippen molar-refractivity contribution in [3.63, 3.8) is 0 Å². The Hall–Kier alpha value is -2.61. The van der Waals surface area contributed by atoms with Crippen LogP contribution in [-0.4, -0.2) is 47.4 Å². The van der Waals surface area contributed by atoms with Gasteiger partial charge in [0.15, 0.2) is 6.04 Å². The van der Waals surface area contributed by atoms with Crippen LogP contribution in [0.1, 0.15) is 70.9 Å². The Morgan fingerprint density at radius 2 is 1.65 bits per heavy atom. The highest BCUT2D eigenvalue weighted by Gasteiger charge is 2.61. The van der Waals surface area contributed by atoms with Crippen LogP contribution in [0.5, 0.6) is 0 Å². The Labute approximate surface area is 200 Å². The smallest absolute Gasteiger partial charge is 0.408 e. The summed E-state index contributed by atoms with van der Waals surface area (Å²) in [6, 6.07) is 6.90. The Bertz CT molecular complexity index is 926. The Morgan fingerprint density at radius 1 is 1.03 bits per heavy atom. The van der Waals surface area contributed by atoms with Crippen LogP contribution in [0.25, 0.3) is 0 Å². The number of aliphatic hydroxyl groups is 1. The van der Waals surface area contributed by atoms with Gasteiger partial charge in [-0.15, -0.1) is 0 Å². The van der Waals surface area contributed by atoms with Gasteiger partial charge in [0.2, 0.25) is 5.91 Å². The summed E-state index contributed by atoms with van der Waals surface area (Å²) in [7, 11) is 1.27. The molecule has 1 aromatic carbocycles. The highest BCUT2D eigenvalue weighted by Crippen LogP contribution is 2.62. The third-order valence-electron chi connectivity index (χ3n) is 7.47. The van der Waals surface area contributed by atoms with E-state index in [1.165, 1.54) is 7.11 Å². The van der Waals surface area contributed by atoms with Crippen LogP contribution in [0.4, 0.5) is 4.79 Å². The molecule has 2 amide bonds. The van der Waals surface area contributed by atoms with Gasteiger partial charge in [0.25, 0.3) is 0 Å². The molecule has 0 spiro atoms. The topological polar surface area (TPSA) is 114 Å². The lowest BCUT2D eigenvalue weighted by Gasteiger charge is -2.61. The molecule has 0 heterocycles. The SMILES string of the molecule is COC(=O)[C@H](NC(=O)[C@H](NC(=O)OC(C)(C)C)C12CC3CC(CC(O)(C3)C1)C2)c1ccccc1. The second-order valence-corrected chi connectivity index (χ2v) is 11.5. The fraction of sp³-hybridized carbons (Fsp3) is 0.654. The Kier molecular flexibility index (Phi) is 6.40. The number of ether oxygens (including phenoxy) is 2. The second kappa shape index (κ2) is 8.87. The summed E-state index contributed by atoms with van der Waals surface area (Å²) in [5, 5.41) is 16.9. The number of carbonyl (C=O) groups is 3. The first-order chi connectivity index (χ1) is 15.9. The van der Waals surface area contributed by atoms with Crippen molar-refractivity contribution in [1.29, 1.82) is 0 Å². The highest BCUT2D eigenvalue weighted by molar-refractivity contribution is 5.91. The van der Waals surface area contributed by atoms with Gasteiger partial charge in [0.05, 0.1) is 12.7 Å². The number of hydrogen-bond donors (Lipinski definition) is 3. The van der Waals surface area contributed by atoms with Crippen LogP contribution in [0.3, 0.4) is 0 Å². The third-order valence-corrected chi connectivity index (χ3v) is 7.47. The van der Waals surface area contributed by atoms with Gasteiger partial charge in [-0.3, -0.25) is 4.79 Å². The summed E-state index contributed by atoms with van der Waals surface area (Å²) >= 11 is 0. The van der Waals surface area contributed by atoms with E-state index in [2.05, 4.69) is 10.6 Å². The van der Waals surface area contributed by atoms with E-state index in [1.54, 1.807) is 45.0 Å². The lowest BCUT2D eigenvalue weighted by atomic mass is 9.46. The molecule has 8 heteroatoms. The van der Waals surface area contributed by atoms with Crippen LogP contribution in [0.15, 0.2) is 30.3 Å². The van der Waals surface area contributed by atoms with Crippen LogP contribution in [0, 0.1) is 17.3 Å². The molecule has 5 rings (SSSR count). The van der Waals surface area contributed by atoms with E-state index in [1.807, 2.05) is 6.07 Å². The van der Waals surface area contributed by atoms with E-state index >= 15 is 0 Å². The van der Waals surface area contributed by atoms with Gasteiger partial charge in [-0.05, 0) is 76.7 Å². The molecular weight excluding hydrogens is 436 g/mol.